The van der Waals surface area contributed by atoms with Crippen LogP contribution in [-0.2, 0) is 6.54 Å². The Morgan fingerprint density at radius 2 is 2.00 bits per heavy atom. The SMILES string of the molecule is Cc1nc2sccn2c1CNc1cccc2ccccc12. The van der Waals surface area contributed by atoms with Crippen LogP contribution in [0.5, 0.6) is 0 Å². The van der Waals surface area contributed by atoms with Crippen molar-refractivity contribution in [1.29, 1.82) is 0 Å². The number of rotatable bonds is 3. The number of nitrogens with zero attached hydrogens (tertiary/aromatic N) is 2. The number of benzene rings is 2. The molecule has 0 bridgehead atoms. The lowest BCUT2D eigenvalue weighted by molar-refractivity contribution is 0.996. The van der Waals surface area contributed by atoms with Crippen molar-refractivity contribution in [3.05, 3.63) is 65.4 Å². The first-order chi connectivity index (χ1) is 10.3. The number of hydrogen-bond donors (Lipinski definition) is 1. The van der Waals surface area contributed by atoms with Gasteiger partial charge in [0, 0.05) is 22.7 Å². The summed E-state index contributed by atoms with van der Waals surface area (Å²) in [5.74, 6) is 0. The Labute approximate surface area is 126 Å². The van der Waals surface area contributed by atoms with Crippen LogP contribution in [0.4, 0.5) is 5.69 Å². The molecule has 0 amide bonds. The fraction of sp³-hybridized carbons (Fsp3) is 0.118. The normalized spacial score (nSPS) is 11.3. The molecule has 0 unspecified atom stereocenters. The van der Waals surface area contributed by atoms with E-state index in [9.17, 15) is 0 Å². The van der Waals surface area contributed by atoms with E-state index < -0.39 is 0 Å². The number of aryl methyl sites for hydroxylation is 1. The number of hydrogen-bond acceptors (Lipinski definition) is 3. The molecule has 0 fully saturated rings. The van der Waals surface area contributed by atoms with Gasteiger partial charge in [-0.05, 0) is 18.4 Å². The largest absolute Gasteiger partial charge is 0.379 e. The Bertz CT molecular complexity index is 915. The molecule has 0 atom stereocenters. The predicted octanol–water partition coefficient (Wildman–Crippen LogP) is 4.47. The summed E-state index contributed by atoms with van der Waals surface area (Å²) in [6, 6.07) is 14.8. The van der Waals surface area contributed by atoms with Gasteiger partial charge in [-0.2, -0.15) is 0 Å². The Kier molecular flexibility index (Phi) is 2.89. The lowest BCUT2D eigenvalue weighted by Gasteiger charge is -2.10. The molecule has 21 heavy (non-hydrogen) atoms. The van der Waals surface area contributed by atoms with E-state index in [0.29, 0.717) is 0 Å². The van der Waals surface area contributed by atoms with Gasteiger partial charge in [0.1, 0.15) is 0 Å². The first-order valence-electron chi connectivity index (χ1n) is 6.95. The molecule has 2 heterocycles. The number of imidazole rings is 1. The molecule has 0 saturated heterocycles. The molecule has 4 heteroatoms. The first kappa shape index (κ1) is 12.4. The highest BCUT2D eigenvalue weighted by Gasteiger charge is 2.09. The van der Waals surface area contributed by atoms with Crippen LogP contribution in [0.2, 0.25) is 0 Å². The van der Waals surface area contributed by atoms with E-state index in [2.05, 4.69) is 75.7 Å². The van der Waals surface area contributed by atoms with E-state index >= 15 is 0 Å². The average molecular weight is 293 g/mol. The minimum Gasteiger partial charge on any atom is -0.379 e. The van der Waals surface area contributed by atoms with Crippen LogP contribution in [0.15, 0.2) is 54.0 Å². The molecule has 0 aliphatic rings. The van der Waals surface area contributed by atoms with Crippen molar-refractivity contribution in [2.75, 3.05) is 5.32 Å². The summed E-state index contributed by atoms with van der Waals surface area (Å²) in [6.45, 7) is 2.84. The van der Waals surface area contributed by atoms with E-state index in [1.54, 1.807) is 11.3 Å². The second kappa shape index (κ2) is 4.90. The maximum Gasteiger partial charge on any atom is 0.194 e. The van der Waals surface area contributed by atoms with Crippen LogP contribution >= 0.6 is 11.3 Å². The maximum atomic E-state index is 4.59. The molecule has 4 aromatic rings. The highest BCUT2D eigenvalue weighted by Crippen LogP contribution is 2.24. The van der Waals surface area contributed by atoms with Crippen molar-refractivity contribution in [3.8, 4) is 0 Å². The number of thiazole rings is 1. The van der Waals surface area contributed by atoms with Crippen molar-refractivity contribution >= 4 is 32.8 Å². The summed E-state index contributed by atoms with van der Waals surface area (Å²) >= 11 is 1.67. The first-order valence-corrected chi connectivity index (χ1v) is 7.83. The van der Waals surface area contributed by atoms with Gasteiger partial charge in [-0.15, -0.1) is 11.3 Å². The molecule has 4 rings (SSSR count). The van der Waals surface area contributed by atoms with E-state index in [4.69, 9.17) is 0 Å². The fourth-order valence-corrected chi connectivity index (χ4v) is 3.49. The quantitative estimate of drug-likeness (QED) is 0.604. The molecular weight excluding hydrogens is 278 g/mol. The summed E-state index contributed by atoms with van der Waals surface area (Å²) in [7, 11) is 0. The van der Waals surface area contributed by atoms with Crippen molar-refractivity contribution in [1.82, 2.24) is 9.38 Å². The molecule has 2 aromatic carbocycles. The maximum absolute atomic E-state index is 4.59. The average Bonchev–Trinajstić information content (AvgIpc) is 3.06. The number of anilines is 1. The molecule has 0 radical (unpaired) electrons. The van der Waals surface area contributed by atoms with E-state index in [-0.39, 0.29) is 0 Å². The van der Waals surface area contributed by atoms with E-state index in [1.165, 1.54) is 16.5 Å². The molecule has 104 valence electrons. The van der Waals surface area contributed by atoms with Gasteiger partial charge in [-0.25, -0.2) is 4.98 Å². The standard InChI is InChI=1S/C17H15N3S/c1-12-16(20-9-10-21-17(20)19-12)11-18-15-8-4-6-13-5-2-3-7-14(13)15/h2-10,18H,11H2,1H3. The molecule has 1 N–H and O–H groups in total. The zero-order chi connectivity index (χ0) is 14.2. The van der Waals surface area contributed by atoms with Crippen LogP contribution in [0.3, 0.4) is 0 Å². The third-order valence-electron chi connectivity index (χ3n) is 3.80. The summed E-state index contributed by atoms with van der Waals surface area (Å²) in [6.07, 6.45) is 2.08. The van der Waals surface area contributed by atoms with E-state index in [0.717, 1.165) is 22.9 Å². The van der Waals surface area contributed by atoms with Gasteiger partial charge in [0.25, 0.3) is 0 Å². The monoisotopic (exact) mass is 293 g/mol. The van der Waals surface area contributed by atoms with Gasteiger partial charge in [0.2, 0.25) is 0 Å². The van der Waals surface area contributed by atoms with Crippen molar-refractivity contribution in [3.63, 3.8) is 0 Å². The number of fused-ring (bicyclic) bond motifs is 2. The van der Waals surface area contributed by atoms with Gasteiger partial charge in [-0.1, -0.05) is 36.4 Å². The Morgan fingerprint density at radius 1 is 1.14 bits per heavy atom. The second-order valence-electron chi connectivity index (χ2n) is 5.08. The van der Waals surface area contributed by atoms with Crippen LogP contribution in [-0.4, -0.2) is 9.38 Å². The van der Waals surface area contributed by atoms with Crippen molar-refractivity contribution in [2.24, 2.45) is 0 Å². The molecule has 0 spiro atoms. The lowest BCUT2D eigenvalue weighted by atomic mass is 10.1. The predicted molar refractivity (Wildman–Crippen MR) is 89.1 cm³/mol. The lowest BCUT2D eigenvalue weighted by Crippen LogP contribution is -2.03. The van der Waals surface area contributed by atoms with Crippen LogP contribution in [0.25, 0.3) is 15.7 Å². The van der Waals surface area contributed by atoms with Crippen LogP contribution < -0.4 is 5.32 Å². The Morgan fingerprint density at radius 3 is 2.95 bits per heavy atom. The van der Waals surface area contributed by atoms with Crippen molar-refractivity contribution < 1.29 is 0 Å². The van der Waals surface area contributed by atoms with Crippen molar-refractivity contribution in [2.45, 2.75) is 13.5 Å². The van der Waals surface area contributed by atoms with Gasteiger partial charge < -0.3 is 5.32 Å². The molecule has 0 aliphatic carbocycles. The summed E-state index contributed by atoms with van der Waals surface area (Å²) in [4.78, 5) is 5.65. The third-order valence-corrected chi connectivity index (χ3v) is 4.55. The second-order valence-corrected chi connectivity index (χ2v) is 5.95. The topological polar surface area (TPSA) is 29.3 Å². The highest BCUT2D eigenvalue weighted by molar-refractivity contribution is 7.15. The highest BCUT2D eigenvalue weighted by atomic mass is 32.1. The van der Waals surface area contributed by atoms with Crippen LogP contribution in [0.1, 0.15) is 11.4 Å². The van der Waals surface area contributed by atoms with Gasteiger partial charge >= 0.3 is 0 Å². The van der Waals surface area contributed by atoms with Crippen LogP contribution in [0, 0.1) is 6.92 Å². The Balaban J connectivity index is 1.69. The number of aromatic nitrogens is 2. The number of nitrogens with one attached hydrogen (secondary N) is 1. The molecule has 2 aromatic heterocycles. The van der Waals surface area contributed by atoms with Gasteiger partial charge in [-0.3, -0.25) is 4.40 Å². The summed E-state index contributed by atoms with van der Waals surface area (Å²) in [5, 5.41) is 8.14. The zero-order valence-corrected chi connectivity index (χ0v) is 12.5. The molecule has 0 saturated carbocycles. The van der Waals surface area contributed by atoms with Gasteiger partial charge in [0.15, 0.2) is 4.96 Å². The Hall–Kier alpha value is -2.33. The minimum atomic E-state index is 0.776. The zero-order valence-electron chi connectivity index (χ0n) is 11.7. The van der Waals surface area contributed by atoms with E-state index in [1.807, 2.05) is 0 Å². The summed E-state index contributed by atoms with van der Waals surface area (Å²) < 4.78 is 2.16. The molecule has 3 nitrogen and oxygen atoms in total. The third kappa shape index (κ3) is 2.08. The fourth-order valence-electron chi connectivity index (χ4n) is 2.71. The minimum absolute atomic E-state index is 0.776. The summed E-state index contributed by atoms with van der Waals surface area (Å²) in [5.41, 5.74) is 3.48. The molecule has 0 aliphatic heterocycles. The van der Waals surface area contributed by atoms with Gasteiger partial charge in [0.05, 0.1) is 17.9 Å². The smallest absolute Gasteiger partial charge is 0.194 e. The molecular formula is C17H15N3S.